The molecule has 2 bridgehead atoms. The minimum atomic E-state index is -0.361. The van der Waals surface area contributed by atoms with Crippen molar-refractivity contribution in [2.75, 3.05) is 33.2 Å². The van der Waals surface area contributed by atoms with E-state index in [9.17, 15) is 14.4 Å². The Balaban J connectivity index is 1.62. The first-order valence-corrected chi connectivity index (χ1v) is 7.38. The van der Waals surface area contributed by atoms with Crippen molar-refractivity contribution in [3.63, 3.8) is 0 Å². The van der Waals surface area contributed by atoms with Gasteiger partial charge in [0.05, 0.1) is 0 Å². The van der Waals surface area contributed by atoms with Crippen molar-refractivity contribution in [3.05, 3.63) is 0 Å². The van der Waals surface area contributed by atoms with E-state index >= 15 is 0 Å². The molecule has 3 fully saturated rings. The maximum Gasteiger partial charge on any atom is 0.327 e. The molecule has 20 heavy (non-hydrogen) atoms. The summed E-state index contributed by atoms with van der Waals surface area (Å²) in [7, 11) is 1.58. The molecule has 2 atom stereocenters. The van der Waals surface area contributed by atoms with Crippen LogP contribution in [0.3, 0.4) is 0 Å². The van der Waals surface area contributed by atoms with Gasteiger partial charge in [-0.15, -0.1) is 0 Å². The lowest BCUT2D eigenvalue weighted by Gasteiger charge is -2.41. The molecule has 3 aliphatic rings. The molecule has 2 saturated heterocycles. The van der Waals surface area contributed by atoms with E-state index in [2.05, 4.69) is 0 Å². The zero-order valence-corrected chi connectivity index (χ0v) is 11.9. The summed E-state index contributed by atoms with van der Waals surface area (Å²) in [4.78, 5) is 40.1. The van der Waals surface area contributed by atoms with Gasteiger partial charge in [0.2, 0.25) is 5.91 Å². The van der Waals surface area contributed by atoms with Crippen LogP contribution >= 0.6 is 0 Å². The molecule has 1 aliphatic carbocycles. The second-order valence-corrected chi connectivity index (χ2v) is 6.32. The van der Waals surface area contributed by atoms with Crippen molar-refractivity contribution in [2.24, 2.45) is 11.8 Å². The van der Waals surface area contributed by atoms with Gasteiger partial charge in [0.1, 0.15) is 13.1 Å². The summed E-state index contributed by atoms with van der Waals surface area (Å²) < 4.78 is 0. The summed E-state index contributed by atoms with van der Waals surface area (Å²) >= 11 is 0. The van der Waals surface area contributed by atoms with E-state index in [0.717, 1.165) is 18.0 Å². The van der Waals surface area contributed by atoms with E-state index in [-0.39, 0.29) is 30.9 Å². The summed E-state index contributed by atoms with van der Waals surface area (Å²) in [6.45, 7) is 1.57. The summed E-state index contributed by atoms with van der Waals surface area (Å²) in [6.07, 6.45) is 4.90. The van der Waals surface area contributed by atoms with Crippen molar-refractivity contribution in [2.45, 2.75) is 25.7 Å². The lowest BCUT2D eigenvalue weighted by molar-refractivity contribution is -0.139. The standard InChI is InChI=1S/C14H21N3O3/c1-15-8-13(19)17(14(15)20)9-12(18)16-6-10-3-2-4-11(5-10)7-16/h10-11H,2-9H2,1H3/t10-,11+. The van der Waals surface area contributed by atoms with E-state index < -0.39 is 0 Å². The zero-order valence-electron chi connectivity index (χ0n) is 11.9. The first kappa shape index (κ1) is 13.4. The van der Waals surface area contributed by atoms with Gasteiger partial charge in [-0.1, -0.05) is 6.42 Å². The Morgan fingerprint density at radius 1 is 1.20 bits per heavy atom. The van der Waals surface area contributed by atoms with Gasteiger partial charge in [0, 0.05) is 20.1 Å². The smallest absolute Gasteiger partial charge is 0.327 e. The number of imide groups is 1. The normalized spacial score (nSPS) is 30.1. The molecule has 0 unspecified atom stereocenters. The van der Waals surface area contributed by atoms with Crippen LogP contribution in [0, 0.1) is 11.8 Å². The van der Waals surface area contributed by atoms with E-state index in [1.165, 1.54) is 30.6 Å². The van der Waals surface area contributed by atoms with Gasteiger partial charge in [-0.25, -0.2) is 4.79 Å². The highest BCUT2D eigenvalue weighted by Gasteiger charge is 2.38. The Bertz CT molecular complexity index is 439. The molecule has 0 aromatic rings. The highest BCUT2D eigenvalue weighted by atomic mass is 16.2. The molecule has 0 radical (unpaired) electrons. The average Bonchev–Trinajstić information content (AvgIpc) is 2.65. The monoisotopic (exact) mass is 279 g/mol. The molecular weight excluding hydrogens is 258 g/mol. The van der Waals surface area contributed by atoms with Gasteiger partial charge in [0.15, 0.2) is 0 Å². The fourth-order valence-electron chi connectivity index (χ4n) is 3.70. The Hall–Kier alpha value is -1.59. The fraction of sp³-hybridized carbons (Fsp3) is 0.786. The number of carbonyl (C=O) groups is 3. The Kier molecular flexibility index (Phi) is 3.40. The molecule has 0 N–H and O–H groups in total. The third kappa shape index (κ3) is 2.39. The van der Waals surface area contributed by atoms with Gasteiger partial charge in [-0.2, -0.15) is 0 Å². The quantitative estimate of drug-likeness (QED) is 0.693. The number of nitrogens with zero attached hydrogens (tertiary/aromatic N) is 3. The third-order valence-corrected chi connectivity index (χ3v) is 4.73. The average molecular weight is 279 g/mol. The number of piperidine rings is 1. The van der Waals surface area contributed by atoms with Crippen LogP contribution in [-0.2, 0) is 9.59 Å². The van der Waals surface area contributed by atoms with Crippen molar-refractivity contribution in [1.82, 2.24) is 14.7 Å². The predicted molar refractivity (Wildman–Crippen MR) is 71.8 cm³/mol. The molecule has 110 valence electrons. The summed E-state index contributed by atoms with van der Waals surface area (Å²) in [5, 5.41) is 0. The van der Waals surface area contributed by atoms with Gasteiger partial charge >= 0.3 is 6.03 Å². The summed E-state index contributed by atoms with van der Waals surface area (Å²) in [5.74, 6) is 0.861. The number of urea groups is 1. The van der Waals surface area contributed by atoms with Gasteiger partial charge in [-0.05, 0) is 31.1 Å². The first-order valence-electron chi connectivity index (χ1n) is 7.38. The largest absolute Gasteiger partial charge is 0.341 e. The molecule has 0 aromatic heterocycles. The highest BCUT2D eigenvalue weighted by Crippen LogP contribution is 2.34. The Morgan fingerprint density at radius 3 is 2.40 bits per heavy atom. The third-order valence-electron chi connectivity index (χ3n) is 4.73. The number of likely N-dealkylation sites (N-methyl/N-ethyl adjacent to an activating group) is 1. The molecule has 4 amide bonds. The number of carbonyl (C=O) groups excluding carboxylic acids is 3. The minimum absolute atomic E-state index is 0.0807. The molecule has 0 spiro atoms. The number of hydrogen-bond donors (Lipinski definition) is 0. The Labute approximate surface area is 118 Å². The van der Waals surface area contributed by atoms with Crippen LogP contribution in [0.5, 0.6) is 0 Å². The van der Waals surface area contributed by atoms with Gasteiger partial charge in [0.25, 0.3) is 5.91 Å². The second-order valence-electron chi connectivity index (χ2n) is 6.32. The number of likely N-dealkylation sites (tertiary alicyclic amines) is 1. The maximum absolute atomic E-state index is 12.3. The SMILES string of the molecule is CN1CC(=O)N(CC(=O)N2C[C@@H]3CCC[C@@H](C3)C2)C1=O. The topological polar surface area (TPSA) is 60.9 Å². The first-order chi connectivity index (χ1) is 9.54. The number of amides is 4. The van der Waals surface area contributed by atoms with Crippen molar-refractivity contribution < 1.29 is 14.4 Å². The Morgan fingerprint density at radius 2 is 1.85 bits per heavy atom. The highest BCUT2D eigenvalue weighted by molar-refractivity contribution is 6.04. The zero-order chi connectivity index (χ0) is 14.3. The molecule has 6 heteroatoms. The van der Waals surface area contributed by atoms with Crippen molar-refractivity contribution >= 4 is 17.8 Å². The van der Waals surface area contributed by atoms with E-state index in [1.54, 1.807) is 7.05 Å². The number of rotatable bonds is 2. The van der Waals surface area contributed by atoms with Crippen LogP contribution < -0.4 is 0 Å². The van der Waals surface area contributed by atoms with Gasteiger partial charge < -0.3 is 9.80 Å². The van der Waals surface area contributed by atoms with E-state index in [4.69, 9.17) is 0 Å². The van der Waals surface area contributed by atoms with Crippen LogP contribution in [0.15, 0.2) is 0 Å². The van der Waals surface area contributed by atoms with Crippen LogP contribution in [0.2, 0.25) is 0 Å². The lowest BCUT2D eigenvalue weighted by Crippen LogP contribution is -2.50. The lowest BCUT2D eigenvalue weighted by atomic mass is 9.78. The fourth-order valence-corrected chi connectivity index (χ4v) is 3.70. The van der Waals surface area contributed by atoms with Gasteiger partial charge in [-0.3, -0.25) is 14.5 Å². The molecular formula is C14H21N3O3. The van der Waals surface area contributed by atoms with Crippen LogP contribution in [0.4, 0.5) is 4.79 Å². The summed E-state index contributed by atoms with van der Waals surface area (Å²) in [5.41, 5.74) is 0. The minimum Gasteiger partial charge on any atom is -0.341 e. The van der Waals surface area contributed by atoms with Crippen molar-refractivity contribution in [1.29, 1.82) is 0 Å². The predicted octanol–water partition coefficient (Wildman–Crippen LogP) is 0.529. The number of fused-ring (bicyclic) bond motifs is 2. The second kappa shape index (κ2) is 5.07. The van der Waals surface area contributed by atoms with Crippen LogP contribution in [-0.4, -0.2) is 65.8 Å². The molecule has 3 rings (SSSR count). The van der Waals surface area contributed by atoms with Crippen molar-refractivity contribution in [3.8, 4) is 0 Å². The molecule has 6 nitrogen and oxygen atoms in total. The number of hydrogen-bond acceptors (Lipinski definition) is 3. The maximum atomic E-state index is 12.3. The van der Waals surface area contributed by atoms with Crippen LogP contribution in [0.25, 0.3) is 0 Å². The molecule has 2 aliphatic heterocycles. The molecule has 2 heterocycles. The van der Waals surface area contributed by atoms with E-state index in [0.29, 0.717) is 11.8 Å². The summed E-state index contributed by atoms with van der Waals surface area (Å²) in [6, 6.07) is -0.361. The van der Waals surface area contributed by atoms with Crippen LogP contribution in [0.1, 0.15) is 25.7 Å². The molecule has 1 saturated carbocycles. The molecule has 0 aromatic carbocycles. The van der Waals surface area contributed by atoms with E-state index in [1.807, 2.05) is 4.90 Å².